The van der Waals surface area contributed by atoms with Crippen molar-refractivity contribution in [2.45, 2.75) is 44.4 Å². The lowest BCUT2D eigenvalue weighted by atomic mass is 9.96. The summed E-state index contributed by atoms with van der Waals surface area (Å²) in [5.74, 6) is -0.441. The summed E-state index contributed by atoms with van der Waals surface area (Å²) in [4.78, 5) is 44.2. The van der Waals surface area contributed by atoms with Crippen LogP contribution in [0, 0.1) is 0 Å². The fourth-order valence-corrected chi connectivity index (χ4v) is 6.26. The fourth-order valence-electron chi connectivity index (χ4n) is 6.26. The van der Waals surface area contributed by atoms with Crippen molar-refractivity contribution in [2.24, 2.45) is 5.73 Å². The van der Waals surface area contributed by atoms with E-state index in [0.717, 1.165) is 35.3 Å². The first kappa shape index (κ1) is 21.7. The van der Waals surface area contributed by atoms with E-state index in [1.165, 1.54) is 10.9 Å². The molecule has 3 aliphatic rings. The Labute approximate surface area is 203 Å². The van der Waals surface area contributed by atoms with Crippen molar-refractivity contribution in [3.63, 3.8) is 0 Å². The molecule has 8 nitrogen and oxygen atoms in total. The molecule has 1 saturated heterocycles. The first-order valence-electron chi connectivity index (χ1n) is 12.3. The highest BCUT2D eigenvalue weighted by Crippen LogP contribution is 2.44. The highest BCUT2D eigenvalue weighted by molar-refractivity contribution is 6.02. The highest BCUT2D eigenvalue weighted by Gasteiger charge is 2.42. The average molecular weight is 472 g/mol. The number of rotatable bonds is 4. The second kappa shape index (κ2) is 8.15. The Balaban J connectivity index is 1.41. The van der Waals surface area contributed by atoms with Gasteiger partial charge in [0.2, 0.25) is 11.8 Å². The van der Waals surface area contributed by atoms with Gasteiger partial charge in [-0.15, -0.1) is 0 Å². The van der Waals surface area contributed by atoms with Crippen molar-refractivity contribution in [2.75, 3.05) is 25.0 Å². The van der Waals surface area contributed by atoms with E-state index in [9.17, 15) is 14.4 Å². The molecule has 1 aromatic heterocycles. The first-order valence-corrected chi connectivity index (χ1v) is 12.3. The zero-order chi connectivity index (χ0) is 24.3. The minimum absolute atomic E-state index is 0.0450. The van der Waals surface area contributed by atoms with E-state index in [4.69, 9.17) is 5.73 Å². The van der Waals surface area contributed by atoms with Crippen LogP contribution in [0.3, 0.4) is 0 Å². The number of nitrogens with two attached hydrogens (primary N) is 1. The second-order valence-electron chi connectivity index (χ2n) is 9.68. The van der Waals surface area contributed by atoms with Crippen molar-refractivity contribution >= 4 is 34.3 Å². The fraction of sp³-hybridized carbons (Fsp3) is 0.370. The van der Waals surface area contributed by atoms with Crippen LogP contribution in [0.15, 0.2) is 48.5 Å². The number of anilines is 1. The Kier molecular flexibility index (Phi) is 5.05. The molecular weight excluding hydrogens is 442 g/mol. The second-order valence-corrected chi connectivity index (χ2v) is 9.68. The van der Waals surface area contributed by atoms with Gasteiger partial charge in [0.05, 0.1) is 16.9 Å². The van der Waals surface area contributed by atoms with Crippen LogP contribution in [0.25, 0.3) is 10.9 Å². The van der Waals surface area contributed by atoms with E-state index in [2.05, 4.69) is 21.6 Å². The zero-order valence-corrected chi connectivity index (χ0v) is 19.8. The molecule has 8 heteroatoms. The minimum atomic E-state index is -0.507. The lowest BCUT2D eigenvalue weighted by Gasteiger charge is -2.46. The Hall–Kier alpha value is -3.81. The molecule has 1 fully saturated rings. The number of benzene rings is 2. The molecule has 6 rings (SSSR count). The van der Waals surface area contributed by atoms with Gasteiger partial charge >= 0.3 is 0 Å². The van der Waals surface area contributed by atoms with Gasteiger partial charge in [-0.05, 0) is 43.0 Å². The molecule has 0 aliphatic carbocycles. The monoisotopic (exact) mass is 471 g/mol. The lowest BCUT2D eigenvalue weighted by Crippen LogP contribution is -2.51. The number of para-hydroxylation sites is 2. The van der Waals surface area contributed by atoms with E-state index >= 15 is 0 Å². The molecule has 0 spiro atoms. The van der Waals surface area contributed by atoms with Gasteiger partial charge in [-0.2, -0.15) is 0 Å². The van der Waals surface area contributed by atoms with E-state index in [-0.39, 0.29) is 24.4 Å². The third kappa shape index (κ3) is 3.23. The standard InChI is InChI=1S/C27H29N5O3/c1-29-20-9-4-3-8-19(20)27(35)32-15-12-18-17-7-2-5-10-21(17)31(24(18)26(29)32)16-13-23(33)30-14-6-11-22(30)25(28)34/h2-5,7-10,22,26H,6,11-16H2,1H3,(H2,28,34)/t22-,26?/m1/s1. The number of nitrogens with zero attached hydrogens (tertiary/aromatic N) is 4. The molecule has 4 heterocycles. The summed E-state index contributed by atoms with van der Waals surface area (Å²) in [6.07, 6.45) is 2.23. The molecule has 35 heavy (non-hydrogen) atoms. The Morgan fingerprint density at radius 1 is 1.06 bits per heavy atom. The molecule has 3 aromatic rings. The maximum absolute atomic E-state index is 13.5. The topological polar surface area (TPSA) is 91.9 Å². The maximum Gasteiger partial charge on any atom is 0.257 e. The Morgan fingerprint density at radius 3 is 2.66 bits per heavy atom. The lowest BCUT2D eigenvalue weighted by molar-refractivity contribution is -0.137. The number of primary amides is 1. The van der Waals surface area contributed by atoms with E-state index in [1.807, 2.05) is 48.3 Å². The van der Waals surface area contributed by atoms with Crippen molar-refractivity contribution in [3.8, 4) is 0 Å². The van der Waals surface area contributed by atoms with Crippen molar-refractivity contribution in [3.05, 3.63) is 65.4 Å². The summed E-state index contributed by atoms with van der Waals surface area (Å²) in [5.41, 5.74) is 10.6. The largest absolute Gasteiger partial charge is 0.368 e. The van der Waals surface area contributed by atoms with Crippen molar-refractivity contribution in [1.82, 2.24) is 14.4 Å². The third-order valence-electron chi connectivity index (χ3n) is 7.86. The smallest absolute Gasteiger partial charge is 0.257 e. The Bertz CT molecular complexity index is 1360. The van der Waals surface area contributed by atoms with Crippen LogP contribution in [-0.4, -0.2) is 58.3 Å². The number of aromatic nitrogens is 1. The van der Waals surface area contributed by atoms with E-state index in [0.29, 0.717) is 26.1 Å². The van der Waals surface area contributed by atoms with Crippen molar-refractivity contribution in [1.29, 1.82) is 0 Å². The SMILES string of the molecule is CN1c2ccccc2C(=O)N2CCc3c(n(CCC(=O)N4CCC[C@@H]4C(N)=O)c4ccccc34)C21. The van der Waals surface area contributed by atoms with Gasteiger partial charge in [0, 0.05) is 44.0 Å². The highest BCUT2D eigenvalue weighted by atomic mass is 16.2. The number of amides is 3. The summed E-state index contributed by atoms with van der Waals surface area (Å²) >= 11 is 0. The van der Waals surface area contributed by atoms with Crippen molar-refractivity contribution < 1.29 is 14.4 Å². The number of likely N-dealkylation sites (tertiary alicyclic amines) is 1. The normalized spacial score (nSPS) is 21.2. The molecule has 0 radical (unpaired) electrons. The van der Waals surface area contributed by atoms with Crippen LogP contribution in [-0.2, 0) is 22.6 Å². The molecule has 1 unspecified atom stereocenters. The number of aryl methyl sites for hydroxylation is 1. The predicted octanol–water partition coefficient (Wildman–Crippen LogP) is 2.65. The van der Waals surface area contributed by atoms with E-state index in [1.54, 1.807) is 4.90 Å². The summed E-state index contributed by atoms with van der Waals surface area (Å²) in [5, 5.41) is 1.17. The molecule has 2 aromatic carbocycles. The molecule has 180 valence electrons. The summed E-state index contributed by atoms with van der Waals surface area (Å²) in [6, 6.07) is 15.5. The van der Waals surface area contributed by atoms with Gasteiger partial charge in [-0.25, -0.2) is 0 Å². The first-order chi connectivity index (χ1) is 17.0. The molecule has 3 aliphatic heterocycles. The maximum atomic E-state index is 13.5. The Morgan fingerprint density at radius 2 is 1.83 bits per heavy atom. The van der Waals surface area contributed by atoms with Gasteiger partial charge < -0.3 is 25.0 Å². The van der Waals surface area contributed by atoms with E-state index < -0.39 is 11.9 Å². The molecule has 0 bridgehead atoms. The molecule has 3 amide bonds. The number of fused-ring (bicyclic) bond motifs is 6. The summed E-state index contributed by atoms with van der Waals surface area (Å²) in [7, 11) is 2.03. The van der Waals surface area contributed by atoms with Gasteiger partial charge in [0.25, 0.3) is 5.91 Å². The van der Waals surface area contributed by atoms with Crippen LogP contribution in [0.1, 0.15) is 47.0 Å². The van der Waals surface area contributed by atoms with Crippen LogP contribution >= 0.6 is 0 Å². The number of hydrogen-bond acceptors (Lipinski definition) is 4. The van der Waals surface area contributed by atoms with Gasteiger partial charge in [-0.3, -0.25) is 14.4 Å². The molecule has 0 saturated carbocycles. The van der Waals surface area contributed by atoms with Crippen LogP contribution in [0.2, 0.25) is 0 Å². The van der Waals surface area contributed by atoms with Gasteiger partial charge in [0.1, 0.15) is 12.2 Å². The number of carbonyl (C=O) groups is 3. The molecular formula is C27H29N5O3. The molecule has 2 N–H and O–H groups in total. The van der Waals surface area contributed by atoms with Gasteiger partial charge in [-0.1, -0.05) is 30.3 Å². The third-order valence-corrected chi connectivity index (χ3v) is 7.86. The van der Waals surface area contributed by atoms with Crippen LogP contribution in [0.5, 0.6) is 0 Å². The predicted molar refractivity (Wildman–Crippen MR) is 133 cm³/mol. The quantitative estimate of drug-likeness (QED) is 0.633. The average Bonchev–Trinajstić information content (AvgIpc) is 3.49. The van der Waals surface area contributed by atoms with Gasteiger partial charge in [0.15, 0.2) is 0 Å². The molecule has 2 atom stereocenters. The summed E-state index contributed by atoms with van der Waals surface area (Å²) in [6.45, 7) is 1.70. The summed E-state index contributed by atoms with van der Waals surface area (Å²) < 4.78 is 2.21. The van der Waals surface area contributed by atoms with Crippen LogP contribution < -0.4 is 10.6 Å². The number of carbonyl (C=O) groups excluding carboxylic acids is 3. The van der Waals surface area contributed by atoms with Crippen LogP contribution in [0.4, 0.5) is 5.69 Å². The minimum Gasteiger partial charge on any atom is -0.368 e. The zero-order valence-electron chi connectivity index (χ0n) is 19.8. The number of hydrogen-bond donors (Lipinski definition) is 1.